The van der Waals surface area contributed by atoms with E-state index >= 15 is 0 Å². The van der Waals surface area contributed by atoms with Crippen LogP contribution in [0.25, 0.3) is 0 Å². The van der Waals surface area contributed by atoms with Gasteiger partial charge in [0.05, 0.1) is 5.70 Å². The van der Waals surface area contributed by atoms with Crippen LogP contribution in [0.1, 0.15) is 0 Å². The maximum absolute atomic E-state index is 5.91. The zero-order valence-corrected chi connectivity index (χ0v) is 9.22. The second kappa shape index (κ2) is 7.23. The van der Waals surface area contributed by atoms with Crippen molar-refractivity contribution in [1.29, 1.82) is 0 Å². The lowest BCUT2D eigenvalue weighted by atomic mass is 10.3. The standard InChI is InChI=1S/C8H15ClN4O/c1-11-8(12-2)7(9)6(10)4-5-14-13-3/h4-5,13H,10H2,1-3H3,(H,11,12)/b5-4+,7-6+. The number of hydrogen-bond acceptors (Lipinski definition) is 4. The Morgan fingerprint density at radius 1 is 1.50 bits per heavy atom. The van der Waals surface area contributed by atoms with Crippen LogP contribution in [0.15, 0.2) is 28.1 Å². The Morgan fingerprint density at radius 3 is 2.57 bits per heavy atom. The van der Waals surface area contributed by atoms with Crippen molar-refractivity contribution in [3.05, 3.63) is 23.1 Å². The van der Waals surface area contributed by atoms with E-state index in [0.29, 0.717) is 16.6 Å². The maximum atomic E-state index is 5.91. The van der Waals surface area contributed by atoms with Crippen LogP contribution in [0.3, 0.4) is 0 Å². The number of hydroxylamine groups is 1. The first kappa shape index (κ1) is 12.8. The molecule has 0 aromatic rings. The lowest BCUT2D eigenvalue weighted by Crippen LogP contribution is -2.20. The van der Waals surface area contributed by atoms with Crippen LogP contribution in [0.2, 0.25) is 0 Å². The Kier molecular flexibility index (Phi) is 6.61. The fourth-order valence-electron chi connectivity index (χ4n) is 0.705. The fraction of sp³-hybridized carbons (Fsp3) is 0.375. The SMILES string of the molecule is C\N=C(NC)/C(Cl)=C(N)/C=C/ONC. The normalized spacial score (nSPS) is 14.1. The van der Waals surface area contributed by atoms with E-state index in [1.807, 2.05) is 0 Å². The number of nitrogens with zero attached hydrogens (tertiary/aromatic N) is 1. The molecule has 6 heteroatoms. The van der Waals surface area contributed by atoms with Crippen LogP contribution >= 0.6 is 11.6 Å². The molecule has 4 N–H and O–H groups in total. The molecule has 0 aliphatic carbocycles. The third-order valence-corrected chi connectivity index (χ3v) is 1.75. The highest BCUT2D eigenvalue weighted by atomic mass is 35.5. The van der Waals surface area contributed by atoms with E-state index in [-0.39, 0.29) is 0 Å². The summed E-state index contributed by atoms with van der Waals surface area (Å²) in [6.07, 6.45) is 2.92. The highest BCUT2D eigenvalue weighted by molar-refractivity contribution is 6.43. The first-order valence-corrected chi connectivity index (χ1v) is 4.34. The van der Waals surface area contributed by atoms with Gasteiger partial charge in [-0.1, -0.05) is 11.6 Å². The van der Waals surface area contributed by atoms with E-state index in [1.165, 1.54) is 12.3 Å². The molecule has 0 heterocycles. The summed E-state index contributed by atoms with van der Waals surface area (Å²) in [5.41, 5.74) is 8.48. The average Bonchev–Trinajstić information content (AvgIpc) is 2.19. The predicted octanol–water partition coefficient (Wildman–Crippen LogP) is 0.308. The minimum absolute atomic E-state index is 0.353. The van der Waals surface area contributed by atoms with Crippen molar-refractivity contribution < 1.29 is 4.84 Å². The van der Waals surface area contributed by atoms with E-state index in [9.17, 15) is 0 Å². The van der Waals surface area contributed by atoms with E-state index in [0.717, 1.165) is 0 Å². The summed E-state index contributed by atoms with van der Waals surface area (Å²) in [4.78, 5) is 8.64. The highest BCUT2D eigenvalue weighted by Crippen LogP contribution is 2.07. The Hall–Kier alpha value is -1.20. The van der Waals surface area contributed by atoms with Crippen molar-refractivity contribution in [2.45, 2.75) is 0 Å². The van der Waals surface area contributed by atoms with Crippen LogP contribution in [0.5, 0.6) is 0 Å². The van der Waals surface area contributed by atoms with Crippen LogP contribution in [0, 0.1) is 0 Å². The van der Waals surface area contributed by atoms with Crippen LogP contribution < -0.4 is 16.5 Å². The van der Waals surface area contributed by atoms with Gasteiger partial charge in [-0.05, 0) is 6.08 Å². The topological polar surface area (TPSA) is 71.7 Å². The Bertz CT molecular complexity index is 260. The molecule has 5 nitrogen and oxygen atoms in total. The molecule has 0 bridgehead atoms. The third kappa shape index (κ3) is 4.15. The number of halogens is 1. The smallest absolute Gasteiger partial charge is 0.141 e. The first-order chi connectivity index (χ1) is 6.67. The highest BCUT2D eigenvalue weighted by Gasteiger charge is 2.03. The van der Waals surface area contributed by atoms with Crippen molar-refractivity contribution in [3.63, 3.8) is 0 Å². The number of allylic oxidation sites excluding steroid dienone is 1. The molecule has 0 aliphatic heterocycles. The van der Waals surface area contributed by atoms with E-state index < -0.39 is 0 Å². The molecule has 0 saturated carbocycles. The van der Waals surface area contributed by atoms with E-state index in [1.54, 1.807) is 21.1 Å². The van der Waals surface area contributed by atoms with Gasteiger partial charge in [0, 0.05) is 21.1 Å². The molecule has 0 unspecified atom stereocenters. The minimum atomic E-state index is 0.353. The molecular weight excluding hydrogens is 204 g/mol. The first-order valence-electron chi connectivity index (χ1n) is 3.96. The number of amidine groups is 1. The minimum Gasteiger partial charge on any atom is -0.417 e. The van der Waals surface area contributed by atoms with Crippen LogP contribution in [-0.4, -0.2) is 27.0 Å². The van der Waals surface area contributed by atoms with Crippen LogP contribution in [-0.2, 0) is 4.84 Å². The summed E-state index contributed by atoms with van der Waals surface area (Å²) in [6, 6.07) is 0. The number of aliphatic imine (C=N–C) groups is 1. The Balaban J connectivity index is 4.57. The number of nitrogens with two attached hydrogens (primary N) is 1. The molecule has 0 fully saturated rings. The fourth-order valence-corrected chi connectivity index (χ4v) is 0.947. The third-order valence-electron chi connectivity index (χ3n) is 1.36. The Labute approximate surface area is 88.6 Å². The van der Waals surface area contributed by atoms with Crippen molar-refractivity contribution in [2.75, 3.05) is 21.1 Å². The van der Waals surface area contributed by atoms with Gasteiger partial charge in [0.15, 0.2) is 0 Å². The summed E-state index contributed by atoms with van der Waals surface area (Å²) in [5, 5.41) is 3.17. The second-order valence-corrected chi connectivity index (χ2v) is 2.59. The van der Waals surface area contributed by atoms with Gasteiger partial charge in [0.1, 0.15) is 17.1 Å². The summed E-state index contributed by atoms with van der Waals surface area (Å²) in [5.74, 6) is 0.526. The zero-order valence-electron chi connectivity index (χ0n) is 8.47. The molecule has 0 saturated heterocycles. The monoisotopic (exact) mass is 218 g/mol. The van der Waals surface area contributed by atoms with Gasteiger partial charge in [0.2, 0.25) is 0 Å². The van der Waals surface area contributed by atoms with Gasteiger partial charge >= 0.3 is 0 Å². The number of hydrogen-bond donors (Lipinski definition) is 3. The zero-order chi connectivity index (χ0) is 11.0. The van der Waals surface area contributed by atoms with Gasteiger partial charge < -0.3 is 15.9 Å². The van der Waals surface area contributed by atoms with Crippen molar-refractivity contribution in [1.82, 2.24) is 10.8 Å². The second-order valence-electron chi connectivity index (χ2n) is 2.22. The lowest BCUT2D eigenvalue weighted by Gasteiger charge is -2.04. The quantitative estimate of drug-likeness (QED) is 0.209. The number of nitrogens with one attached hydrogen (secondary N) is 2. The molecule has 0 aromatic carbocycles. The molecule has 0 rings (SSSR count). The van der Waals surface area contributed by atoms with Crippen molar-refractivity contribution in [2.24, 2.45) is 10.7 Å². The molecule has 0 radical (unpaired) electrons. The summed E-state index contributed by atoms with van der Waals surface area (Å²) in [6.45, 7) is 0. The van der Waals surface area contributed by atoms with Gasteiger partial charge in [-0.25, -0.2) is 0 Å². The van der Waals surface area contributed by atoms with Gasteiger partial charge in [-0.15, -0.1) is 0 Å². The molecule has 80 valence electrons. The molecule has 0 aliphatic rings. The maximum Gasteiger partial charge on any atom is 0.141 e. The van der Waals surface area contributed by atoms with E-state index in [2.05, 4.69) is 15.8 Å². The van der Waals surface area contributed by atoms with Gasteiger partial charge in [-0.3, -0.25) is 4.99 Å². The van der Waals surface area contributed by atoms with Gasteiger partial charge in [-0.2, -0.15) is 5.48 Å². The predicted molar refractivity (Wildman–Crippen MR) is 58.8 cm³/mol. The molecule has 0 atom stereocenters. The average molecular weight is 219 g/mol. The summed E-state index contributed by atoms with van der Waals surface area (Å²) < 4.78 is 0. The van der Waals surface area contributed by atoms with Crippen molar-refractivity contribution >= 4 is 17.4 Å². The number of rotatable bonds is 4. The molecular formula is C8H15ClN4O. The largest absolute Gasteiger partial charge is 0.417 e. The lowest BCUT2D eigenvalue weighted by molar-refractivity contribution is 0.158. The van der Waals surface area contributed by atoms with Crippen LogP contribution in [0.4, 0.5) is 0 Å². The van der Waals surface area contributed by atoms with Gasteiger partial charge in [0.25, 0.3) is 0 Å². The Morgan fingerprint density at radius 2 is 2.14 bits per heavy atom. The molecule has 0 spiro atoms. The molecule has 0 amide bonds. The summed E-state index contributed by atoms with van der Waals surface area (Å²) in [7, 11) is 4.97. The molecule has 0 aromatic heterocycles. The molecule has 14 heavy (non-hydrogen) atoms. The summed E-state index contributed by atoms with van der Waals surface area (Å²) >= 11 is 5.91. The number of likely N-dealkylation sites (N-methyl/N-ethyl adjacent to an activating group) is 1. The van der Waals surface area contributed by atoms with Crippen molar-refractivity contribution in [3.8, 4) is 0 Å². The van der Waals surface area contributed by atoms with E-state index in [4.69, 9.17) is 22.2 Å².